The number of carboxylic acid groups (broad SMARTS) is 1. The Morgan fingerprint density at radius 3 is 2.67 bits per heavy atom. The molecule has 15 heavy (non-hydrogen) atoms. The molecule has 4 nitrogen and oxygen atoms in total. The average molecular weight is 213 g/mol. The molecule has 0 aromatic carbocycles. The number of carbonyl (C=O) groups excluding carboxylic acids is 1. The molecular formula is C11H19NO3. The molecule has 1 N–H and O–H groups in total. The van der Waals surface area contributed by atoms with E-state index in [0.717, 1.165) is 19.3 Å². The summed E-state index contributed by atoms with van der Waals surface area (Å²) >= 11 is 0. The van der Waals surface area contributed by atoms with Gasteiger partial charge in [-0.15, -0.1) is 0 Å². The molecule has 1 rings (SSSR count). The highest BCUT2D eigenvalue weighted by Gasteiger charge is 2.31. The average Bonchev–Trinajstić information content (AvgIpc) is 2.31. The Morgan fingerprint density at radius 2 is 2.07 bits per heavy atom. The maximum Gasteiger partial charge on any atom is 0.310 e. The van der Waals surface area contributed by atoms with E-state index in [2.05, 4.69) is 0 Å². The van der Waals surface area contributed by atoms with E-state index in [0.29, 0.717) is 19.5 Å². The minimum Gasteiger partial charge on any atom is -0.481 e. The molecule has 4 heteroatoms. The summed E-state index contributed by atoms with van der Waals surface area (Å²) in [6, 6.07) is 0. The van der Waals surface area contributed by atoms with Gasteiger partial charge in [0.05, 0.1) is 5.41 Å². The zero-order chi connectivity index (χ0) is 11.5. The zero-order valence-electron chi connectivity index (χ0n) is 9.45. The summed E-state index contributed by atoms with van der Waals surface area (Å²) in [4.78, 5) is 24.3. The van der Waals surface area contributed by atoms with Crippen LogP contribution in [0.1, 0.15) is 39.5 Å². The van der Waals surface area contributed by atoms with Crippen LogP contribution in [-0.4, -0.2) is 35.0 Å². The van der Waals surface area contributed by atoms with Crippen LogP contribution in [0, 0.1) is 5.41 Å². The lowest BCUT2D eigenvalue weighted by Crippen LogP contribution is -2.42. The predicted octanol–water partition coefficient (Wildman–Crippen LogP) is 1.50. The molecule has 1 aliphatic heterocycles. The first-order valence-electron chi connectivity index (χ1n) is 5.45. The van der Waals surface area contributed by atoms with Gasteiger partial charge < -0.3 is 10.0 Å². The molecule has 0 saturated carbocycles. The molecule has 0 bridgehead atoms. The fraction of sp³-hybridized carbons (Fsp3) is 0.818. The molecule has 0 spiro atoms. The highest BCUT2D eigenvalue weighted by atomic mass is 16.4. The minimum atomic E-state index is -0.848. The van der Waals surface area contributed by atoms with Crippen LogP contribution >= 0.6 is 0 Å². The second kappa shape index (κ2) is 4.64. The van der Waals surface area contributed by atoms with E-state index in [-0.39, 0.29) is 5.91 Å². The van der Waals surface area contributed by atoms with Gasteiger partial charge in [0, 0.05) is 19.5 Å². The molecule has 0 aromatic heterocycles. The largest absolute Gasteiger partial charge is 0.481 e. The smallest absolute Gasteiger partial charge is 0.310 e. The van der Waals surface area contributed by atoms with Crippen LogP contribution in [0.15, 0.2) is 0 Å². The van der Waals surface area contributed by atoms with Gasteiger partial charge >= 0.3 is 5.97 Å². The number of rotatable bonds is 3. The maximum absolute atomic E-state index is 11.6. The third kappa shape index (κ3) is 3.22. The molecule has 0 aromatic rings. The van der Waals surface area contributed by atoms with Crippen LogP contribution in [0.4, 0.5) is 0 Å². The SMILES string of the molecule is CC(C)(CN1CCCCCC1=O)C(=O)O. The number of hydrogen-bond acceptors (Lipinski definition) is 2. The summed E-state index contributed by atoms with van der Waals surface area (Å²) in [5.74, 6) is -0.749. The van der Waals surface area contributed by atoms with Crippen molar-refractivity contribution in [1.82, 2.24) is 4.90 Å². The molecule has 1 fully saturated rings. The van der Waals surface area contributed by atoms with Crippen molar-refractivity contribution < 1.29 is 14.7 Å². The van der Waals surface area contributed by atoms with Crippen molar-refractivity contribution in [2.24, 2.45) is 5.41 Å². The number of aliphatic carboxylic acids is 1. The Balaban J connectivity index is 2.62. The van der Waals surface area contributed by atoms with Crippen molar-refractivity contribution >= 4 is 11.9 Å². The van der Waals surface area contributed by atoms with Gasteiger partial charge in [0.15, 0.2) is 0 Å². The molecule has 1 aliphatic rings. The van der Waals surface area contributed by atoms with Crippen LogP contribution < -0.4 is 0 Å². The third-order valence-corrected chi connectivity index (χ3v) is 2.84. The molecule has 1 heterocycles. The van der Waals surface area contributed by atoms with Gasteiger partial charge in [-0.25, -0.2) is 0 Å². The van der Waals surface area contributed by atoms with Crippen LogP contribution in [0.3, 0.4) is 0 Å². The van der Waals surface area contributed by atoms with Crippen LogP contribution in [0.2, 0.25) is 0 Å². The van der Waals surface area contributed by atoms with Crippen LogP contribution in [0.25, 0.3) is 0 Å². The Labute approximate surface area is 90.3 Å². The molecule has 0 radical (unpaired) electrons. The number of carbonyl (C=O) groups is 2. The predicted molar refractivity (Wildman–Crippen MR) is 56.5 cm³/mol. The highest BCUT2D eigenvalue weighted by Crippen LogP contribution is 2.20. The van der Waals surface area contributed by atoms with E-state index in [1.54, 1.807) is 18.7 Å². The van der Waals surface area contributed by atoms with Gasteiger partial charge in [0.2, 0.25) is 5.91 Å². The summed E-state index contributed by atoms with van der Waals surface area (Å²) in [6.45, 7) is 4.34. The first kappa shape index (κ1) is 12.0. The number of hydrogen-bond donors (Lipinski definition) is 1. The van der Waals surface area contributed by atoms with Gasteiger partial charge in [-0.05, 0) is 26.7 Å². The van der Waals surface area contributed by atoms with E-state index in [9.17, 15) is 9.59 Å². The van der Waals surface area contributed by atoms with Crippen LogP contribution in [0.5, 0.6) is 0 Å². The Hall–Kier alpha value is -1.06. The molecular weight excluding hydrogens is 194 g/mol. The van der Waals surface area contributed by atoms with Crippen LogP contribution in [-0.2, 0) is 9.59 Å². The fourth-order valence-corrected chi connectivity index (χ4v) is 1.75. The Morgan fingerprint density at radius 1 is 1.40 bits per heavy atom. The van der Waals surface area contributed by atoms with Crippen molar-refractivity contribution in [3.8, 4) is 0 Å². The summed E-state index contributed by atoms with van der Waals surface area (Å²) < 4.78 is 0. The monoisotopic (exact) mass is 213 g/mol. The van der Waals surface area contributed by atoms with Crippen molar-refractivity contribution in [3.05, 3.63) is 0 Å². The second-order valence-corrected chi connectivity index (χ2v) is 4.81. The molecule has 86 valence electrons. The maximum atomic E-state index is 11.6. The topological polar surface area (TPSA) is 57.6 Å². The molecule has 1 amide bonds. The van der Waals surface area contributed by atoms with E-state index < -0.39 is 11.4 Å². The summed E-state index contributed by atoms with van der Waals surface area (Å²) in [6.07, 6.45) is 3.55. The Bertz CT molecular complexity index is 261. The van der Waals surface area contributed by atoms with Crippen molar-refractivity contribution in [1.29, 1.82) is 0 Å². The number of amides is 1. The number of carboxylic acids is 1. The van der Waals surface area contributed by atoms with E-state index in [1.165, 1.54) is 0 Å². The molecule has 1 saturated heterocycles. The summed E-state index contributed by atoms with van der Waals surface area (Å²) in [5.41, 5.74) is -0.847. The third-order valence-electron chi connectivity index (χ3n) is 2.84. The van der Waals surface area contributed by atoms with Crippen molar-refractivity contribution in [3.63, 3.8) is 0 Å². The van der Waals surface area contributed by atoms with Crippen molar-refractivity contribution in [2.75, 3.05) is 13.1 Å². The highest BCUT2D eigenvalue weighted by molar-refractivity contribution is 5.78. The standard InChI is InChI=1S/C11H19NO3/c1-11(2,10(14)15)8-12-7-5-3-4-6-9(12)13/h3-8H2,1-2H3,(H,14,15). The molecule has 0 aliphatic carbocycles. The zero-order valence-corrected chi connectivity index (χ0v) is 9.45. The first-order chi connectivity index (χ1) is 6.93. The Kier molecular flexibility index (Phi) is 3.72. The van der Waals surface area contributed by atoms with E-state index >= 15 is 0 Å². The summed E-state index contributed by atoms with van der Waals surface area (Å²) in [5, 5.41) is 8.99. The van der Waals surface area contributed by atoms with Crippen molar-refractivity contribution in [2.45, 2.75) is 39.5 Å². The van der Waals surface area contributed by atoms with Gasteiger partial charge in [0.1, 0.15) is 0 Å². The lowest BCUT2D eigenvalue weighted by molar-refractivity contribution is -0.149. The van der Waals surface area contributed by atoms with Gasteiger partial charge in [0.25, 0.3) is 0 Å². The lowest BCUT2D eigenvalue weighted by atomic mass is 9.93. The summed E-state index contributed by atoms with van der Waals surface area (Å²) in [7, 11) is 0. The van der Waals surface area contributed by atoms with E-state index in [1.807, 2.05) is 0 Å². The minimum absolute atomic E-state index is 0.0989. The first-order valence-corrected chi connectivity index (χ1v) is 5.45. The second-order valence-electron chi connectivity index (χ2n) is 4.81. The molecule has 0 atom stereocenters. The van der Waals surface area contributed by atoms with Gasteiger partial charge in [-0.3, -0.25) is 9.59 Å². The van der Waals surface area contributed by atoms with Gasteiger partial charge in [-0.2, -0.15) is 0 Å². The normalized spacial score (nSPS) is 18.8. The fourth-order valence-electron chi connectivity index (χ4n) is 1.75. The quantitative estimate of drug-likeness (QED) is 0.773. The molecule has 0 unspecified atom stereocenters. The number of nitrogens with zero attached hydrogens (tertiary/aromatic N) is 1. The van der Waals surface area contributed by atoms with Gasteiger partial charge in [-0.1, -0.05) is 6.42 Å². The number of likely N-dealkylation sites (tertiary alicyclic amines) is 1. The lowest BCUT2D eigenvalue weighted by Gasteiger charge is -2.28. The van der Waals surface area contributed by atoms with E-state index in [4.69, 9.17) is 5.11 Å².